The van der Waals surface area contributed by atoms with Gasteiger partial charge < -0.3 is 5.73 Å². The van der Waals surface area contributed by atoms with Gasteiger partial charge in [0.1, 0.15) is 0 Å². The quantitative estimate of drug-likeness (QED) is 0.757. The molecule has 2 N–H and O–H groups in total. The van der Waals surface area contributed by atoms with E-state index < -0.39 is 0 Å². The van der Waals surface area contributed by atoms with Crippen LogP contribution in [0.2, 0.25) is 0 Å². The van der Waals surface area contributed by atoms with Crippen LogP contribution in [0.4, 0.5) is 0 Å². The van der Waals surface area contributed by atoms with E-state index in [1.165, 1.54) is 56.5 Å². The predicted octanol–water partition coefficient (Wildman–Crippen LogP) is 3.67. The Balaban J connectivity index is 1.64. The second kappa shape index (κ2) is 4.77. The Morgan fingerprint density at radius 3 is 2.12 bits per heavy atom. The smallest absolute Gasteiger partial charge is 0.0187 e. The third kappa shape index (κ3) is 2.28. The van der Waals surface area contributed by atoms with Gasteiger partial charge >= 0.3 is 0 Å². The molecule has 0 amide bonds. The van der Waals surface area contributed by atoms with Gasteiger partial charge in [-0.2, -0.15) is 11.8 Å². The van der Waals surface area contributed by atoms with Crippen LogP contribution in [0.3, 0.4) is 0 Å². The summed E-state index contributed by atoms with van der Waals surface area (Å²) in [6, 6.07) is 0.479. The lowest BCUT2D eigenvalue weighted by atomic mass is 9.48. The third-order valence-electron chi connectivity index (χ3n) is 5.52. The molecular formula is C15H27NS. The summed E-state index contributed by atoms with van der Waals surface area (Å²) < 4.78 is 0. The van der Waals surface area contributed by atoms with Gasteiger partial charge in [0.15, 0.2) is 0 Å². The number of nitrogens with two attached hydrogens (primary N) is 1. The fraction of sp³-hybridized carbons (Fsp3) is 1.00. The van der Waals surface area contributed by atoms with Crippen LogP contribution in [0, 0.1) is 23.2 Å². The summed E-state index contributed by atoms with van der Waals surface area (Å²) in [5, 5.41) is 0. The Bertz CT molecular complexity index is 241. The largest absolute Gasteiger partial charge is 0.326 e. The third-order valence-corrected chi connectivity index (χ3v) is 6.81. The fourth-order valence-corrected chi connectivity index (χ4v) is 6.23. The molecule has 0 aromatic rings. The summed E-state index contributed by atoms with van der Waals surface area (Å²) in [7, 11) is 0. The van der Waals surface area contributed by atoms with Crippen LogP contribution in [-0.4, -0.2) is 17.5 Å². The van der Waals surface area contributed by atoms with Gasteiger partial charge in [0, 0.05) is 11.8 Å². The minimum absolute atomic E-state index is 0.479. The van der Waals surface area contributed by atoms with E-state index in [1.807, 2.05) is 0 Å². The summed E-state index contributed by atoms with van der Waals surface area (Å²) >= 11 is 2.09. The summed E-state index contributed by atoms with van der Waals surface area (Å²) in [6.45, 7) is 2.27. The van der Waals surface area contributed by atoms with Crippen molar-refractivity contribution < 1.29 is 0 Å². The Morgan fingerprint density at radius 2 is 1.65 bits per heavy atom. The van der Waals surface area contributed by atoms with Crippen molar-refractivity contribution in [1.29, 1.82) is 0 Å². The zero-order valence-corrected chi connectivity index (χ0v) is 12.0. The van der Waals surface area contributed by atoms with Crippen LogP contribution >= 0.6 is 11.8 Å². The van der Waals surface area contributed by atoms with E-state index >= 15 is 0 Å². The van der Waals surface area contributed by atoms with Gasteiger partial charge in [-0.25, -0.2) is 0 Å². The average Bonchev–Trinajstić information content (AvgIpc) is 2.27. The maximum absolute atomic E-state index is 6.59. The van der Waals surface area contributed by atoms with Crippen molar-refractivity contribution in [3.63, 3.8) is 0 Å². The highest BCUT2D eigenvalue weighted by Crippen LogP contribution is 2.61. The van der Waals surface area contributed by atoms with E-state index in [1.54, 1.807) is 0 Å². The SMILES string of the molecule is CCCSCC(N)C12CC3CC(CC(C3)C1)C2. The first-order valence-corrected chi connectivity index (χ1v) is 8.70. The molecule has 0 radical (unpaired) electrons. The van der Waals surface area contributed by atoms with Crippen molar-refractivity contribution in [2.75, 3.05) is 11.5 Å². The van der Waals surface area contributed by atoms with E-state index in [0.717, 1.165) is 17.8 Å². The zero-order valence-electron chi connectivity index (χ0n) is 11.2. The number of rotatable bonds is 5. The Labute approximate surface area is 110 Å². The summed E-state index contributed by atoms with van der Waals surface area (Å²) in [6.07, 6.45) is 10.3. The van der Waals surface area contributed by atoms with Crippen LogP contribution in [0.25, 0.3) is 0 Å². The summed E-state index contributed by atoms with van der Waals surface area (Å²) in [5.74, 6) is 5.63. The predicted molar refractivity (Wildman–Crippen MR) is 76.2 cm³/mol. The van der Waals surface area contributed by atoms with Crippen LogP contribution in [0.15, 0.2) is 0 Å². The van der Waals surface area contributed by atoms with Gasteiger partial charge in [0.2, 0.25) is 0 Å². The highest BCUT2D eigenvalue weighted by molar-refractivity contribution is 7.99. The first-order chi connectivity index (χ1) is 8.22. The number of thioether (sulfide) groups is 1. The first-order valence-electron chi connectivity index (χ1n) is 7.55. The maximum atomic E-state index is 6.59. The van der Waals surface area contributed by atoms with Crippen molar-refractivity contribution in [3.05, 3.63) is 0 Å². The van der Waals surface area contributed by atoms with Gasteiger partial charge in [-0.05, 0) is 73.9 Å². The van der Waals surface area contributed by atoms with Crippen LogP contribution < -0.4 is 5.73 Å². The second-order valence-electron chi connectivity index (χ2n) is 6.96. The molecule has 4 aliphatic rings. The molecule has 4 fully saturated rings. The molecule has 0 aromatic carbocycles. The monoisotopic (exact) mass is 253 g/mol. The van der Waals surface area contributed by atoms with E-state index in [9.17, 15) is 0 Å². The molecule has 0 aromatic heterocycles. The lowest BCUT2D eigenvalue weighted by Gasteiger charge is -2.59. The van der Waals surface area contributed by atoms with Crippen molar-refractivity contribution in [2.45, 2.75) is 57.9 Å². The van der Waals surface area contributed by atoms with Gasteiger partial charge in [0.05, 0.1) is 0 Å². The summed E-state index contributed by atoms with van der Waals surface area (Å²) in [4.78, 5) is 0. The molecule has 4 saturated carbocycles. The Hall–Kier alpha value is 0.310. The minimum Gasteiger partial charge on any atom is -0.326 e. The van der Waals surface area contributed by atoms with Gasteiger partial charge in [-0.3, -0.25) is 0 Å². The molecule has 4 aliphatic carbocycles. The Kier molecular flexibility index (Phi) is 3.47. The second-order valence-corrected chi connectivity index (χ2v) is 8.11. The normalized spacial score (nSPS) is 45.2. The van der Waals surface area contributed by atoms with Gasteiger partial charge in [-0.1, -0.05) is 6.92 Å². The van der Waals surface area contributed by atoms with Crippen molar-refractivity contribution in [2.24, 2.45) is 28.9 Å². The van der Waals surface area contributed by atoms with Crippen molar-refractivity contribution >= 4 is 11.8 Å². The van der Waals surface area contributed by atoms with Crippen LogP contribution in [0.5, 0.6) is 0 Å². The molecule has 1 unspecified atom stereocenters. The molecule has 4 bridgehead atoms. The molecule has 0 heterocycles. The number of hydrogen-bond donors (Lipinski definition) is 1. The van der Waals surface area contributed by atoms with E-state index in [2.05, 4.69) is 18.7 Å². The average molecular weight is 253 g/mol. The van der Waals surface area contributed by atoms with E-state index in [-0.39, 0.29) is 0 Å². The molecule has 1 atom stereocenters. The molecule has 0 aliphatic heterocycles. The molecule has 2 heteroatoms. The topological polar surface area (TPSA) is 26.0 Å². The van der Waals surface area contributed by atoms with Gasteiger partial charge in [-0.15, -0.1) is 0 Å². The van der Waals surface area contributed by atoms with E-state index in [4.69, 9.17) is 5.73 Å². The van der Waals surface area contributed by atoms with Gasteiger partial charge in [0.25, 0.3) is 0 Å². The maximum Gasteiger partial charge on any atom is 0.0187 e. The molecule has 4 rings (SSSR count). The zero-order chi connectivity index (χ0) is 11.9. The van der Waals surface area contributed by atoms with Crippen molar-refractivity contribution in [3.8, 4) is 0 Å². The van der Waals surface area contributed by atoms with Crippen LogP contribution in [0.1, 0.15) is 51.9 Å². The first kappa shape index (κ1) is 12.3. The summed E-state index contributed by atoms with van der Waals surface area (Å²) in [5.41, 5.74) is 7.16. The lowest BCUT2D eigenvalue weighted by Crippen LogP contribution is -2.55. The molecule has 17 heavy (non-hydrogen) atoms. The molecule has 1 nitrogen and oxygen atoms in total. The fourth-order valence-electron chi connectivity index (χ4n) is 5.16. The molecule has 0 spiro atoms. The number of hydrogen-bond acceptors (Lipinski definition) is 2. The van der Waals surface area contributed by atoms with E-state index in [0.29, 0.717) is 11.5 Å². The van der Waals surface area contributed by atoms with Crippen molar-refractivity contribution in [1.82, 2.24) is 0 Å². The highest BCUT2D eigenvalue weighted by Gasteiger charge is 2.53. The lowest BCUT2D eigenvalue weighted by molar-refractivity contribution is -0.0629. The molecular weight excluding hydrogens is 226 g/mol. The molecule has 98 valence electrons. The standard InChI is InChI=1S/C15H27NS/c1-2-3-17-10-14(16)15-7-11-4-12(8-15)6-13(5-11)9-15/h11-14H,2-10,16H2,1H3. The Morgan fingerprint density at radius 1 is 1.12 bits per heavy atom. The highest BCUT2D eigenvalue weighted by atomic mass is 32.2. The van der Waals surface area contributed by atoms with Crippen LogP contribution in [-0.2, 0) is 0 Å². The minimum atomic E-state index is 0.479. The molecule has 0 saturated heterocycles.